The predicted molar refractivity (Wildman–Crippen MR) is 124 cm³/mol. The van der Waals surface area contributed by atoms with Crippen molar-refractivity contribution < 1.29 is 14.3 Å². The average Bonchev–Trinajstić information content (AvgIpc) is 2.69. The zero-order valence-electron chi connectivity index (χ0n) is 17.5. The average molecular weight is 496 g/mol. The molecule has 0 saturated heterocycles. The van der Waals surface area contributed by atoms with Gasteiger partial charge in [-0.05, 0) is 69.2 Å². The van der Waals surface area contributed by atoms with Gasteiger partial charge in [0.1, 0.15) is 11.8 Å². The number of benzene rings is 2. The number of rotatable bonds is 10. The highest BCUT2D eigenvalue weighted by atomic mass is 79.9. The molecule has 7 heteroatoms. The van der Waals surface area contributed by atoms with Crippen LogP contribution < -0.4 is 10.1 Å². The SMILES string of the molecule is CC(C)NC(=O)C(C)N(Cc1cccc(Br)c1)C(=O)CCCOc1ccc(Cl)cc1. The number of nitrogens with zero attached hydrogens (tertiary/aromatic N) is 1. The summed E-state index contributed by atoms with van der Waals surface area (Å²) in [5.74, 6) is 0.467. The van der Waals surface area contributed by atoms with Crippen molar-refractivity contribution in [3.63, 3.8) is 0 Å². The number of hydrogen-bond acceptors (Lipinski definition) is 3. The van der Waals surface area contributed by atoms with Crippen LogP contribution in [0.5, 0.6) is 5.75 Å². The zero-order chi connectivity index (χ0) is 22.1. The molecule has 30 heavy (non-hydrogen) atoms. The Kier molecular flexibility index (Phi) is 9.66. The van der Waals surface area contributed by atoms with Gasteiger partial charge in [0.2, 0.25) is 11.8 Å². The van der Waals surface area contributed by atoms with E-state index in [2.05, 4.69) is 21.2 Å². The number of carbonyl (C=O) groups excluding carboxylic acids is 2. The Hall–Kier alpha value is -2.05. The van der Waals surface area contributed by atoms with Crippen molar-refractivity contribution in [1.82, 2.24) is 10.2 Å². The van der Waals surface area contributed by atoms with E-state index in [4.69, 9.17) is 16.3 Å². The highest BCUT2D eigenvalue weighted by molar-refractivity contribution is 9.10. The van der Waals surface area contributed by atoms with Crippen LogP contribution in [0.2, 0.25) is 5.02 Å². The number of amides is 2. The quantitative estimate of drug-likeness (QED) is 0.461. The summed E-state index contributed by atoms with van der Waals surface area (Å²) >= 11 is 9.33. The Balaban J connectivity index is 1.99. The molecule has 0 aliphatic heterocycles. The first kappa shape index (κ1) is 24.2. The third-order valence-corrected chi connectivity index (χ3v) is 5.20. The van der Waals surface area contributed by atoms with Gasteiger partial charge in [-0.3, -0.25) is 9.59 Å². The fourth-order valence-electron chi connectivity index (χ4n) is 2.91. The minimum Gasteiger partial charge on any atom is -0.494 e. The van der Waals surface area contributed by atoms with Crippen LogP contribution in [0.4, 0.5) is 0 Å². The first-order valence-electron chi connectivity index (χ1n) is 9.99. The lowest BCUT2D eigenvalue weighted by Gasteiger charge is -2.29. The normalized spacial score (nSPS) is 11.8. The molecule has 0 bridgehead atoms. The lowest BCUT2D eigenvalue weighted by Crippen LogP contribution is -2.49. The van der Waals surface area contributed by atoms with Crippen LogP contribution in [-0.2, 0) is 16.1 Å². The highest BCUT2D eigenvalue weighted by Gasteiger charge is 2.26. The molecule has 0 aliphatic carbocycles. The third kappa shape index (κ3) is 8.00. The first-order chi connectivity index (χ1) is 14.3. The number of nitrogens with one attached hydrogen (secondary N) is 1. The fourth-order valence-corrected chi connectivity index (χ4v) is 3.48. The summed E-state index contributed by atoms with van der Waals surface area (Å²) in [4.78, 5) is 27.2. The van der Waals surface area contributed by atoms with E-state index in [1.54, 1.807) is 36.1 Å². The summed E-state index contributed by atoms with van der Waals surface area (Å²) in [5, 5.41) is 3.54. The van der Waals surface area contributed by atoms with E-state index < -0.39 is 6.04 Å². The van der Waals surface area contributed by atoms with E-state index >= 15 is 0 Å². The van der Waals surface area contributed by atoms with Crippen molar-refractivity contribution in [3.05, 3.63) is 63.6 Å². The summed E-state index contributed by atoms with van der Waals surface area (Å²) in [6.45, 7) is 6.34. The number of halogens is 2. The van der Waals surface area contributed by atoms with Crippen LogP contribution in [0.3, 0.4) is 0 Å². The van der Waals surface area contributed by atoms with Gasteiger partial charge in [0.05, 0.1) is 6.61 Å². The lowest BCUT2D eigenvalue weighted by molar-refractivity contribution is -0.141. The topological polar surface area (TPSA) is 58.6 Å². The summed E-state index contributed by atoms with van der Waals surface area (Å²) < 4.78 is 6.60. The van der Waals surface area contributed by atoms with Gasteiger partial charge in [-0.25, -0.2) is 0 Å². The molecule has 0 saturated carbocycles. The molecule has 0 aliphatic rings. The summed E-state index contributed by atoms with van der Waals surface area (Å²) in [6, 6.07) is 14.3. The van der Waals surface area contributed by atoms with Gasteiger partial charge in [-0.15, -0.1) is 0 Å². The van der Waals surface area contributed by atoms with Crippen molar-refractivity contribution in [1.29, 1.82) is 0 Å². The molecule has 5 nitrogen and oxygen atoms in total. The largest absolute Gasteiger partial charge is 0.494 e. The lowest BCUT2D eigenvalue weighted by atomic mass is 10.1. The zero-order valence-corrected chi connectivity index (χ0v) is 19.9. The van der Waals surface area contributed by atoms with Gasteiger partial charge >= 0.3 is 0 Å². The van der Waals surface area contributed by atoms with Crippen molar-refractivity contribution in [2.24, 2.45) is 0 Å². The Morgan fingerprint density at radius 3 is 2.47 bits per heavy atom. The second-order valence-corrected chi connectivity index (χ2v) is 8.75. The molecule has 0 radical (unpaired) electrons. The van der Waals surface area contributed by atoms with Gasteiger partial charge < -0.3 is 15.0 Å². The second-order valence-electron chi connectivity index (χ2n) is 7.40. The van der Waals surface area contributed by atoms with Crippen molar-refractivity contribution in [2.45, 2.75) is 52.2 Å². The Morgan fingerprint density at radius 1 is 1.13 bits per heavy atom. The molecule has 2 rings (SSSR count). The Bertz CT molecular complexity index is 843. The van der Waals surface area contributed by atoms with Crippen molar-refractivity contribution in [3.8, 4) is 5.75 Å². The van der Waals surface area contributed by atoms with E-state index in [1.165, 1.54) is 0 Å². The molecule has 0 aromatic heterocycles. The molecular weight excluding hydrogens is 468 g/mol. The standard InChI is InChI=1S/C23H28BrClN2O3/c1-16(2)26-23(29)17(3)27(15-18-6-4-7-19(24)14-18)22(28)8-5-13-30-21-11-9-20(25)10-12-21/h4,6-7,9-12,14,16-17H,5,8,13,15H2,1-3H3,(H,26,29). The van der Waals surface area contributed by atoms with Gasteiger partial charge in [0, 0.05) is 28.5 Å². The predicted octanol–water partition coefficient (Wildman–Crippen LogP) is 5.20. The minimum atomic E-state index is -0.573. The van der Waals surface area contributed by atoms with Crippen molar-refractivity contribution >= 4 is 39.3 Å². The maximum atomic E-state index is 13.0. The van der Waals surface area contributed by atoms with E-state index in [-0.39, 0.29) is 17.9 Å². The monoisotopic (exact) mass is 494 g/mol. The number of carbonyl (C=O) groups is 2. The van der Waals surface area contributed by atoms with Gasteiger partial charge in [-0.2, -0.15) is 0 Å². The molecule has 0 fully saturated rings. The van der Waals surface area contributed by atoms with Gasteiger partial charge in [0.25, 0.3) is 0 Å². The maximum Gasteiger partial charge on any atom is 0.242 e. The van der Waals surface area contributed by atoms with E-state index in [9.17, 15) is 9.59 Å². The number of hydrogen-bond donors (Lipinski definition) is 1. The van der Waals surface area contributed by atoms with Crippen LogP contribution in [0.1, 0.15) is 39.2 Å². The van der Waals surface area contributed by atoms with Gasteiger partial charge in [0.15, 0.2) is 0 Å². The molecule has 1 atom stereocenters. The maximum absolute atomic E-state index is 13.0. The molecular formula is C23H28BrClN2O3. The minimum absolute atomic E-state index is 0.00977. The Morgan fingerprint density at radius 2 is 1.83 bits per heavy atom. The van der Waals surface area contributed by atoms with Crippen molar-refractivity contribution in [2.75, 3.05) is 6.61 Å². The third-order valence-electron chi connectivity index (χ3n) is 4.46. The van der Waals surface area contributed by atoms with Crippen LogP contribution in [0.25, 0.3) is 0 Å². The molecule has 2 amide bonds. The van der Waals surface area contributed by atoms with E-state index in [1.807, 2.05) is 38.1 Å². The molecule has 162 valence electrons. The molecule has 1 unspecified atom stereocenters. The molecule has 0 heterocycles. The molecule has 0 spiro atoms. The van der Waals surface area contributed by atoms with E-state index in [0.717, 1.165) is 10.0 Å². The van der Waals surface area contributed by atoms with Crippen LogP contribution in [-0.4, -0.2) is 35.4 Å². The van der Waals surface area contributed by atoms with Crippen LogP contribution in [0.15, 0.2) is 53.0 Å². The molecule has 1 N–H and O–H groups in total. The smallest absolute Gasteiger partial charge is 0.242 e. The first-order valence-corrected chi connectivity index (χ1v) is 11.2. The molecule has 2 aromatic carbocycles. The van der Waals surface area contributed by atoms with Crippen LogP contribution >= 0.6 is 27.5 Å². The molecule has 2 aromatic rings. The fraction of sp³-hybridized carbons (Fsp3) is 0.391. The highest BCUT2D eigenvalue weighted by Crippen LogP contribution is 2.18. The summed E-state index contributed by atoms with van der Waals surface area (Å²) in [7, 11) is 0. The number of ether oxygens (including phenoxy) is 1. The van der Waals surface area contributed by atoms with Crippen LogP contribution in [0, 0.1) is 0 Å². The second kappa shape index (κ2) is 12.0. The Labute approximate surface area is 191 Å². The summed E-state index contributed by atoms with van der Waals surface area (Å²) in [5.41, 5.74) is 0.958. The summed E-state index contributed by atoms with van der Waals surface area (Å²) in [6.07, 6.45) is 0.843. The van der Waals surface area contributed by atoms with E-state index in [0.29, 0.717) is 36.8 Å². The van der Waals surface area contributed by atoms with Gasteiger partial charge in [-0.1, -0.05) is 39.7 Å².